The molecular weight excluding hydrogens is 279 g/mol. The summed E-state index contributed by atoms with van der Waals surface area (Å²) in [7, 11) is 0. The lowest BCUT2D eigenvalue weighted by Crippen LogP contribution is -2.41. The van der Waals surface area contributed by atoms with Gasteiger partial charge < -0.3 is 10.6 Å². The highest BCUT2D eigenvalue weighted by Crippen LogP contribution is 2.35. The van der Waals surface area contributed by atoms with E-state index in [0.717, 1.165) is 25.5 Å². The van der Waals surface area contributed by atoms with Gasteiger partial charge in [-0.3, -0.25) is 5.41 Å². The standard InChI is InChI=1S/C15H20F3N3/c1-9-3-4-10(2)21(8-9)11-5-6-13(15(16,17)18)12(7-11)14(19)20/h5-7,9-10H,3-4,8H2,1-2H3,(H3,19,20). The average Bonchev–Trinajstić information content (AvgIpc) is 2.39. The number of anilines is 1. The minimum atomic E-state index is -4.50. The lowest BCUT2D eigenvalue weighted by molar-refractivity contribution is -0.137. The second-order valence-electron chi connectivity index (χ2n) is 5.83. The van der Waals surface area contributed by atoms with E-state index in [1.807, 2.05) is 0 Å². The number of rotatable bonds is 2. The molecule has 1 aliphatic rings. The van der Waals surface area contributed by atoms with E-state index in [9.17, 15) is 13.2 Å². The van der Waals surface area contributed by atoms with Gasteiger partial charge in [0.2, 0.25) is 0 Å². The number of benzene rings is 1. The molecule has 0 radical (unpaired) electrons. The molecule has 0 spiro atoms. The van der Waals surface area contributed by atoms with E-state index >= 15 is 0 Å². The molecule has 0 bridgehead atoms. The summed E-state index contributed by atoms with van der Waals surface area (Å²) in [6, 6.07) is 4.17. The number of amidine groups is 1. The first-order valence-electron chi connectivity index (χ1n) is 7.02. The Balaban J connectivity index is 2.42. The minimum Gasteiger partial charge on any atom is -0.384 e. The summed E-state index contributed by atoms with van der Waals surface area (Å²) in [6.07, 6.45) is -2.37. The quantitative estimate of drug-likeness (QED) is 0.647. The van der Waals surface area contributed by atoms with Gasteiger partial charge in [-0.05, 0) is 43.9 Å². The fourth-order valence-electron chi connectivity index (χ4n) is 2.83. The summed E-state index contributed by atoms with van der Waals surface area (Å²) < 4.78 is 38.9. The van der Waals surface area contributed by atoms with Crippen molar-refractivity contribution < 1.29 is 13.2 Å². The molecule has 1 saturated heterocycles. The predicted molar refractivity (Wildman–Crippen MR) is 77.7 cm³/mol. The van der Waals surface area contributed by atoms with Crippen molar-refractivity contribution in [1.82, 2.24) is 0 Å². The van der Waals surface area contributed by atoms with Crippen LogP contribution in [0.15, 0.2) is 18.2 Å². The topological polar surface area (TPSA) is 53.1 Å². The van der Waals surface area contributed by atoms with Crippen LogP contribution in [0.2, 0.25) is 0 Å². The molecule has 1 heterocycles. The molecule has 2 atom stereocenters. The zero-order valence-corrected chi connectivity index (χ0v) is 12.2. The molecule has 0 aliphatic carbocycles. The lowest BCUT2D eigenvalue weighted by Gasteiger charge is -2.39. The van der Waals surface area contributed by atoms with Crippen molar-refractivity contribution in [2.75, 3.05) is 11.4 Å². The fraction of sp³-hybridized carbons (Fsp3) is 0.533. The SMILES string of the molecule is CC1CCC(C)N(c2ccc(C(F)(F)F)c(C(=N)N)c2)C1. The van der Waals surface area contributed by atoms with Gasteiger partial charge in [0.1, 0.15) is 5.84 Å². The van der Waals surface area contributed by atoms with Crippen LogP contribution in [0, 0.1) is 11.3 Å². The highest BCUT2D eigenvalue weighted by molar-refractivity contribution is 5.97. The van der Waals surface area contributed by atoms with Crippen LogP contribution >= 0.6 is 0 Å². The molecule has 3 N–H and O–H groups in total. The molecule has 1 aromatic carbocycles. The number of hydrogen-bond donors (Lipinski definition) is 2. The van der Waals surface area contributed by atoms with E-state index in [0.29, 0.717) is 11.6 Å². The Bertz CT molecular complexity index is 539. The third kappa shape index (κ3) is 3.31. The van der Waals surface area contributed by atoms with Gasteiger partial charge in [-0.1, -0.05) is 6.92 Å². The summed E-state index contributed by atoms with van der Waals surface area (Å²) in [5.74, 6) is -0.0499. The van der Waals surface area contributed by atoms with Gasteiger partial charge in [-0.25, -0.2) is 0 Å². The molecule has 2 rings (SSSR count). The number of nitrogens with two attached hydrogens (primary N) is 1. The third-order valence-electron chi connectivity index (χ3n) is 4.05. The normalized spacial score (nSPS) is 23.2. The molecule has 0 aromatic heterocycles. The van der Waals surface area contributed by atoms with Gasteiger partial charge in [-0.2, -0.15) is 13.2 Å². The Hall–Kier alpha value is -1.72. The second kappa shape index (κ2) is 5.58. The van der Waals surface area contributed by atoms with Crippen molar-refractivity contribution in [1.29, 1.82) is 5.41 Å². The maximum Gasteiger partial charge on any atom is 0.417 e. The van der Waals surface area contributed by atoms with Gasteiger partial charge in [0.25, 0.3) is 0 Å². The molecule has 6 heteroatoms. The number of nitrogens with zero attached hydrogens (tertiary/aromatic N) is 1. The van der Waals surface area contributed by atoms with Crippen molar-refractivity contribution >= 4 is 11.5 Å². The summed E-state index contributed by atoms with van der Waals surface area (Å²) in [4.78, 5) is 2.10. The zero-order chi connectivity index (χ0) is 15.8. The van der Waals surface area contributed by atoms with Crippen LogP contribution in [0.4, 0.5) is 18.9 Å². The average molecular weight is 299 g/mol. The van der Waals surface area contributed by atoms with Crippen molar-refractivity contribution in [3.05, 3.63) is 29.3 Å². The molecule has 21 heavy (non-hydrogen) atoms. The highest BCUT2D eigenvalue weighted by atomic mass is 19.4. The second-order valence-corrected chi connectivity index (χ2v) is 5.83. The monoisotopic (exact) mass is 299 g/mol. The molecule has 1 aliphatic heterocycles. The number of nitrogens with one attached hydrogen (secondary N) is 1. The van der Waals surface area contributed by atoms with Crippen molar-refractivity contribution in [3.63, 3.8) is 0 Å². The summed E-state index contributed by atoms with van der Waals surface area (Å²) >= 11 is 0. The van der Waals surface area contributed by atoms with Gasteiger partial charge in [0.05, 0.1) is 5.56 Å². The van der Waals surface area contributed by atoms with Crippen molar-refractivity contribution in [2.45, 2.75) is 38.9 Å². The van der Waals surface area contributed by atoms with Gasteiger partial charge in [0.15, 0.2) is 0 Å². The van der Waals surface area contributed by atoms with E-state index < -0.39 is 17.6 Å². The molecule has 116 valence electrons. The van der Waals surface area contributed by atoms with E-state index in [1.165, 1.54) is 12.1 Å². The fourth-order valence-corrected chi connectivity index (χ4v) is 2.83. The lowest BCUT2D eigenvalue weighted by atomic mass is 9.94. The molecule has 3 nitrogen and oxygen atoms in total. The zero-order valence-electron chi connectivity index (χ0n) is 12.2. The van der Waals surface area contributed by atoms with E-state index in [4.69, 9.17) is 11.1 Å². The van der Waals surface area contributed by atoms with Crippen LogP contribution in [0.3, 0.4) is 0 Å². The Morgan fingerprint density at radius 3 is 2.52 bits per heavy atom. The van der Waals surface area contributed by atoms with Crippen LogP contribution in [-0.2, 0) is 6.18 Å². The summed E-state index contributed by atoms with van der Waals surface area (Å²) in [5.41, 5.74) is 4.94. The Morgan fingerprint density at radius 2 is 1.95 bits per heavy atom. The number of piperidine rings is 1. The third-order valence-corrected chi connectivity index (χ3v) is 4.05. The number of halogens is 3. The molecule has 0 amide bonds. The van der Waals surface area contributed by atoms with Gasteiger partial charge in [0, 0.05) is 23.8 Å². The summed E-state index contributed by atoms with van der Waals surface area (Å²) in [5, 5.41) is 7.42. The van der Waals surface area contributed by atoms with Crippen LogP contribution < -0.4 is 10.6 Å². The maximum atomic E-state index is 13.0. The highest BCUT2D eigenvalue weighted by Gasteiger charge is 2.35. The van der Waals surface area contributed by atoms with Crippen LogP contribution in [-0.4, -0.2) is 18.4 Å². The summed E-state index contributed by atoms with van der Waals surface area (Å²) in [6.45, 7) is 5.01. The van der Waals surface area contributed by atoms with Crippen molar-refractivity contribution in [2.24, 2.45) is 11.7 Å². The number of hydrogen-bond acceptors (Lipinski definition) is 2. The molecule has 1 aromatic rings. The molecular formula is C15H20F3N3. The van der Waals surface area contributed by atoms with Crippen LogP contribution in [0.25, 0.3) is 0 Å². The maximum absolute atomic E-state index is 13.0. The Labute approximate surface area is 122 Å². The van der Waals surface area contributed by atoms with E-state index in [-0.39, 0.29) is 11.6 Å². The van der Waals surface area contributed by atoms with Gasteiger partial charge >= 0.3 is 6.18 Å². The Kier molecular flexibility index (Phi) is 4.16. The number of alkyl halides is 3. The van der Waals surface area contributed by atoms with Crippen LogP contribution in [0.1, 0.15) is 37.8 Å². The minimum absolute atomic E-state index is 0.245. The molecule has 0 saturated carbocycles. The first-order chi connectivity index (χ1) is 9.70. The van der Waals surface area contributed by atoms with Gasteiger partial charge in [-0.15, -0.1) is 0 Å². The largest absolute Gasteiger partial charge is 0.417 e. The van der Waals surface area contributed by atoms with E-state index in [1.54, 1.807) is 0 Å². The Morgan fingerprint density at radius 1 is 1.29 bits per heavy atom. The van der Waals surface area contributed by atoms with E-state index in [2.05, 4.69) is 18.7 Å². The number of nitrogen functional groups attached to an aromatic ring is 1. The molecule has 1 fully saturated rings. The molecule has 2 unspecified atom stereocenters. The smallest absolute Gasteiger partial charge is 0.384 e. The predicted octanol–water partition coefficient (Wildman–Crippen LogP) is 3.61. The first-order valence-corrected chi connectivity index (χ1v) is 7.02. The van der Waals surface area contributed by atoms with Crippen molar-refractivity contribution in [3.8, 4) is 0 Å². The first kappa shape index (κ1) is 15.7. The van der Waals surface area contributed by atoms with Crippen LogP contribution in [0.5, 0.6) is 0 Å².